The Bertz CT molecular complexity index is 991. The van der Waals surface area contributed by atoms with Gasteiger partial charge in [0, 0.05) is 16.6 Å². The molecule has 0 aromatic heterocycles. The Balaban J connectivity index is 1.74. The van der Waals surface area contributed by atoms with Crippen LogP contribution in [0.5, 0.6) is 5.75 Å². The van der Waals surface area contributed by atoms with Gasteiger partial charge in [0.2, 0.25) is 0 Å². The van der Waals surface area contributed by atoms with Gasteiger partial charge < -0.3 is 10.1 Å². The fourth-order valence-corrected chi connectivity index (χ4v) is 3.06. The van der Waals surface area contributed by atoms with Crippen molar-refractivity contribution in [1.82, 2.24) is 0 Å². The van der Waals surface area contributed by atoms with Crippen LogP contribution >= 0.6 is 15.9 Å². The van der Waals surface area contributed by atoms with Crippen LogP contribution in [-0.4, -0.2) is 12.5 Å². The van der Waals surface area contributed by atoms with Crippen molar-refractivity contribution < 1.29 is 22.7 Å². The van der Waals surface area contributed by atoms with Crippen LogP contribution in [-0.2, 0) is 12.6 Å². The van der Waals surface area contributed by atoms with E-state index in [0.717, 1.165) is 17.7 Å². The van der Waals surface area contributed by atoms with E-state index in [1.807, 2.05) is 30.3 Å². The van der Waals surface area contributed by atoms with Gasteiger partial charge in [-0.15, -0.1) is 0 Å². The third-order valence-corrected chi connectivity index (χ3v) is 4.62. The molecule has 0 spiro atoms. The highest BCUT2D eigenvalue weighted by atomic mass is 79.9. The second-order valence-corrected chi connectivity index (χ2v) is 7.17. The van der Waals surface area contributed by atoms with E-state index in [1.165, 1.54) is 12.1 Å². The first-order chi connectivity index (χ1) is 13.8. The molecule has 0 atom stereocenters. The molecule has 0 aliphatic heterocycles. The summed E-state index contributed by atoms with van der Waals surface area (Å²) in [5.74, 6) is -0.200. The minimum absolute atomic E-state index is 0.0556. The lowest BCUT2D eigenvalue weighted by Crippen LogP contribution is -2.15. The van der Waals surface area contributed by atoms with Crippen LogP contribution in [0.1, 0.15) is 21.5 Å². The van der Waals surface area contributed by atoms with Crippen LogP contribution in [0.15, 0.2) is 77.3 Å². The Kier molecular flexibility index (Phi) is 6.59. The number of hydrogen-bond donors (Lipinski definition) is 1. The van der Waals surface area contributed by atoms with Gasteiger partial charge in [-0.05, 0) is 42.0 Å². The molecule has 0 saturated carbocycles. The standard InChI is InChI=1S/C22H17BrF3NO2/c23-17-9-10-20(29-12-11-15-5-2-1-3-6-15)19(14-17)21(28)27-18-8-4-7-16(13-18)22(24,25)26/h1-10,13-14H,11-12H2,(H,27,28). The smallest absolute Gasteiger partial charge is 0.416 e. The Hall–Kier alpha value is -2.80. The number of carbonyl (C=O) groups excluding carboxylic acids is 1. The zero-order chi connectivity index (χ0) is 20.9. The first-order valence-electron chi connectivity index (χ1n) is 8.78. The lowest BCUT2D eigenvalue weighted by molar-refractivity contribution is -0.137. The van der Waals surface area contributed by atoms with Gasteiger partial charge in [-0.3, -0.25) is 4.79 Å². The molecule has 0 aliphatic carbocycles. The molecule has 7 heteroatoms. The van der Waals surface area contributed by atoms with E-state index in [1.54, 1.807) is 18.2 Å². The van der Waals surface area contributed by atoms with Crippen LogP contribution in [0.2, 0.25) is 0 Å². The minimum Gasteiger partial charge on any atom is -0.492 e. The molecule has 0 radical (unpaired) electrons. The summed E-state index contributed by atoms with van der Waals surface area (Å²) in [4.78, 5) is 12.7. The molecule has 3 nitrogen and oxygen atoms in total. The van der Waals surface area contributed by atoms with E-state index in [9.17, 15) is 18.0 Å². The van der Waals surface area contributed by atoms with Gasteiger partial charge in [0.1, 0.15) is 5.75 Å². The SMILES string of the molecule is O=C(Nc1cccc(C(F)(F)F)c1)c1cc(Br)ccc1OCCc1ccccc1. The number of carbonyl (C=O) groups is 1. The third kappa shape index (κ3) is 5.84. The third-order valence-electron chi connectivity index (χ3n) is 4.13. The summed E-state index contributed by atoms with van der Waals surface area (Å²) in [6, 6.07) is 19.2. The quantitative estimate of drug-likeness (QED) is 0.462. The van der Waals surface area contributed by atoms with Crippen molar-refractivity contribution >= 4 is 27.5 Å². The van der Waals surface area contributed by atoms with E-state index < -0.39 is 17.6 Å². The fourth-order valence-electron chi connectivity index (χ4n) is 2.70. The molecule has 29 heavy (non-hydrogen) atoms. The Morgan fingerprint density at radius 3 is 2.45 bits per heavy atom. The molecule has 0 fully saturated rings. The van der Waals surface area contributed by atoms with Gasteiger partial charge in [0.25, 0.3) is 5.91 Å². The Morgan fingerprint density at radius 1 is 0.966 bits per heavy atom. The van der Waals surface area contributed by atoms with E-state index in [2.05, 4.69) is 21.2 Å². The highest BCUT2D eigenvalue weighted by Gasteiger charge is 2.30. The second kappa shape index (κ2) is 9.13. The molecule has 3 aromatic rings. The molecule has 1 amide bonds. The number of rotatable bonds is 6. The topological polar surface area (TPSA) is 38.3 Å². The van der Waals surface area contributed by atoms with Crippen molar-refractivity contribution in [1.29, 1.82) is 0 Å². The number of halogens is 4. The molecule has 0 aliphatic rings. The number of anilines is 1. The molecule has 0 bridgehead atoms. The van der Waals surface area contributed by atoms with E-state index in [-0.39, 0.29) is 11.3 Å². The van der Waals surface area contributed by atoms with Crippen LogP contribution < -0.4 is 10.1 Å². The number of alkyl halides is 3. The summed E-state index contributed by atoms with van der Waals surface area (Å²) in [6.45, 7) is 0.357. The largest absolute Gasteiger partial charge is 0.492 e. The van der Waals surface area contributed by atoms with Crippen molar-refractivity contribution in [3.8, 4) is 5.75 Å². The normalized spacial score (nSPS) is 11.2. The summed E-state index contributed by atoms with van der Waals surface area (Å²) in [6.07, 6.45) is -3.83. The number of amides is 1. The van der Waals surface area contributed by atoms with E-state index >= 15 is 0 Å². The average Bonchev–Trinajstić information content (AvgIpc) is 2.69. The van der Waals surface area contributed by atoms with Gasteiger partial charge in [0.05, 0.1) is 17.7 Å². The monoisotopic (exact) mass is 463 g/mol. The molecule has 0 heterocycles. The highest BCUT2D eigenvalue weighted by Crippen LogP contribution is 2.31. The molecule has 1 N–H and O–H groups in total. The van der Waals surface area contributed by atoms with Gasteiger partial charge in [-0.1, -0.05) is 52.3 Å². The number of ether oxygens (including phenoxy) is 1. The Morgan fingerprint density at radius 2 is 1.72 bits per heavy atom. The lowest BCUT2D eigenvalue weighted by Gasteiger charge is -2.13. The number of benzene rings is 3. The Labute approximate surface area is 174 Å². The minimum atomic E-state index is -4.48. The van der Waals surface area contributed by atoms with E-state index in [4.69, 9.17) is 4.74 Å². The fraction of sp³-hybridized carbons (Fsp3) is 0.136. The van der Waals surface area contributed by atoms with Crippen LogP contribution in [0.3, 0.4) is 0 Å². The summed E-state index contributed by atoms with van der Waals surface area (Å²) in [5, 5.41) is 2.51. The summed E-state index contributed by atoms with van der Waals surface area (Å²) in [5.41, 5.74) is 0.549. The van der Waals surface area contributed by atoms with Crippen LogP contribution in [0.4, 0.5) is 18.9 Å². The summed E-state index contributed by atoms with van der Waals surface area (Å²) < 4.78 is 45.1. The average molecular weight is 464 g/mol. The van der Waals surface area contributed by atoms with Gasteiger partial charge >= 0.3 is 6.18 Å². The molecule has 3 rings (SSSR count). The second-order valence-electron chi connectivity index (χ2n) is 6.26. The molecule has 150 valence electrons. The molecular formula is C22H17BrF3NO2. The predicted octanol–water partition coefficient (Wildman–Crippen LogP) is 6.34. The van der Waals surface area contributed by atoms with Gasteiger partial charge in [0.15, 0.2) is 0 Å². The van der Waals surface area contributed by atoms with Gasteiger partial charge in [-0.25, -0.2) is 0 Å². The zero-order valence-corrected chi connectivity index (χ0v) is 16.8. The van der Waals surface area contributed by atoms with Crippen LogP contribution in [0, 0.1) is 0 Å². The van der Waals surface area contributed by atoms with Crippen molar-refractivity contribution in [2.24, 2.45) is 0 Å². The van der Waals surface area contributed by atoms with Gasteiger partial charge in [-0.2, -0.15) is 13.2 Å². The molecule has 3 aromatic carbocycles. The summed E-state index contributed by atoms with van der Waals surface area (Å²) in [7, 11) is 0. The highest BCUT2D eigenvalue weighted by molar-refractivity contribution is 9.10. The first kappa shape index (κ1) is 20.9. The maximum Gasteiger partial charge on any atom is 0.416 e. The zero-order valence-electron chi connectivity index (χ0n) is 15.2. The molecular weight excluding hydrogens is 447 g/mol. The van der Waals surface area contributed by atoms with E-state index in [0.29, 0.717) is 23.2 Å². The molecule has 0 saturated heterocycles. The summed E-state index contributed by atoms with van der Waals surface area (Å²) >= 11 is 3.31. The molecule has 0 unspecified atom stereocenters. The van der Waals surface area contributed by atoms with Crippen LogP contribution in [0.25, 0.3) is 0 Å². The number of hydrogen-bond acceptors (Lipinski definition) is 2. The lowest BCUT2D eigenvalue weighted by atomic mass is 10.1. The van der Waals surface area contributed by atoms with Crippen molar-refractivity contribution in [2.75, 3.05) is 11.9 Å². The van der Waals surface area contributed by atoms with Crippen molar-refractivity contribution in [2.45, 2.75) is 12.6 Å². The maximum atomic E-state index is 12.9. The maximum absolute atomic E-state index is 12.9. The first-order valence-corrected chi connectivity index (χ1v) is 9.57. The predicted molar refractivity (Wildman–Crippen MR) is 109 cm³/mol. The number of nitrogens with one attached hydrogen (secondary N) is 1. The van der Waals surface area contributed by atoms with Crippen molar-refractivity contribution in [3.05, 3.63) is 94.0 Å². The van der Waals surface area contributed by atoms with Crippen molar-refractivity contribution in [3.63, 3.8) is 0 Å².